The molecule has 4 rings (SSSR count). The molecule has 0 saturated carbocycles. The van der Waals surface area contributed by atoms with Crippen LogP contribution in [0.15, 0.2) is 47.4 Å². The van der Waals surface area contributed by atoms with Gasteiger partial charge in [-0.15, -0.1) is 0 Å². The van der Waals surface area contributed by atoms with Gasteiger partial charge in [-0.1, -0.05) is 29.8 Å². The monoisotopic (exact) mass is 434 g/mol. The maximum absolute atomic E-state index is 13.4. The first-order chi connectivity index (χ1) is 13.9. The van der Waals surface area contributed by atoms with E-state index < -0.39 is 16.1 Å². The van der Waals surface area contributed by atoms with Crippen LogP contribution in [0.1, 0.15) is 35.2 Å². The Balaban J connectivity index is 1.69. The van der Waals surface area contributed by atoms with Crippen molar-refractivity contribution in [3.05, 3.63) is 58.6 Å². The first kappa shape index (κ1) is 20.2. The summed E-state index contributed by atoms with van der Waals surface area (Å²) >= 11 is 6.25. The van der Waals surface area contributed by atoms with Crippen molar-refractivity contribution >= 4 is 33.2 Å². The number of aliphatic hydroxyl groups excluding tert-OH is 1. The van der Waals surface area contributed by atoms with Gasteiger partial charge in [0.15, 0.2) is 0 Å². The van der Waals surface area contributed by atoms with Gasteiger partial charge in [-0.25, -0.2) is 8.42 Å². The molecule has 1 atom stereocenters. The number of para-hydroxylation sites is 1. The first-order valence-electron chi connectivity index (χ1n) is 9.75. The van der Waals surface area contributed by atoms with Gasteiger partial charge in [0.05, 0.1) is 27.3 Å². The molecule has 2 aliphatic rings. The van der Waals surface area contributed by atoms with E-state index >= 15 is 0 Å². The number of piperidine rings is 1. The number of halogens is 1. The molecule has 0 aliphatic carbocycles. The van der Waals surface area contributed by atoms with Crippen LogP contribution in [0.3, 0.4) is 0 Å². The Morgan fingerprint density at radius 2 is 1.90 bits per heavy atom. The molecule has 154 valence electrons. The molecule has 6 nitrogen and oxygen atoms in total. The van der Waals surface area contributed by atoms with Gasteiger partial charge < -0.3 is 10.0 Å². The lowest BCUT2D eigenvalue weighted by Crippen LogP contribution is -2.42. The van der Waals surface area contributed by atoms with Gasteiger partial charge >= 0.3 is 0 Å². The number of benzene rings is 2. The zero-order valence-electron chi connectivity index (χ0n) is 15.9. The van der Waals surface area contributed by atoms with Crippen molar-refractivity contribution < 1.29 is 18.3 Å². The molecule has 2 aliphatic heterocycles. The van der Waals surface area contributed by atoms with Crippen molar-refractivity contribution in [2.75, 3.05) is 23.9 Å². The van der Waals surface area contributed by atoms with E-state index in [1.807, 2.05) is 24.3 Å². The SMILES string of the molecule is O=C(c1cc(S(=O)(=O)N2CCCc3ccccc32)ccc1Cl)N1CCC[C@@H](O)C1. The van der Waals surface area contributed by atoms with Crippen LogP contribution in [-0.2, 0) is 16.4 Å². The van der Waals surface area contributed by atoms with Crippen molar-refractivity contribution in [3.8, 4) is 0 Å². The van der Waals surface area contributed by atoms with E-state index in [4.69, 9.17) is 11.6 Å². The average molecular weight is 435 g/mol. The van der Waals surface area contributed by atoms with Crippen LogP contribution in [-0.4, -0.2) is 50.1 Å². The van der Waals surface area contributed by atoms with E-state index in [9.17, 15) is 18.3 Å². The lowest BCUT2D eigenvalue weighted by molar-refractivity contribution is 0.0473. The minimum absolute atomic E-state index is 0.0412. The number of nitrogens with zero attached hydrogens (tertiary/aromatic N) is 2. The molecular formula is C21H23ClN2O4S. The predicted octanol–water partition coefficient (Wildman–Crippen LogP) is 3.08. The van der Waals surface area contributed by atoms with Gasteiger partial charge in [0, 0.05) is 19.6 Å². The number of carbonyl (C=O) groups is 1. The number of hydrogen-bond donors (Lipinski definition) is 1. The normalized spacial score (nSPS) is 19.7. The van der Waals surface area contributed by atoms with Gasteiger partial charge in [-0.2, -0.15) is 0 Å². The van der Waals surface area contributed by atoms with Crippen LogP contribution in [0.25, 0.3) is 0 Å². The molecule has 0 bridgehead atoms. The van der Waals surface area contributed by atoms with Crippen LogP contribution in [0.5, 0.6) is 0 Å². The van der Waals surface area contributed by atoms with Crippen molar-refractivity contribution in [2.45, 2.75) is 36.7 Å². The molecule has 8 heteroatoms. The lowest BCUT2D eigenvalue weighted by Gasteiger charge is -2.31. The fourth-order valence-corrected chi connectivity index (χ4v) is 5.78. The molecule has 0 unspecified atom stereocenters. The number of rotatable bonds is 3. The zero-order chi connectivity index (χ0) is 20.6. The fraction of sp³-hybridized carbons (Fsp3) is 0.381. The van der Waals surface area contributed by atoms with E-state index in [-0.39, 0.29) is 27.9 Å². The molecule has 1 saturated heterocycles. The Bertz CT molecular complexity index is 1040. The third-order valence-electron chi connectivity index (χ3n) is 5.51. The van der Waals surface area contributed by atoms with Gasteiger partial charge in [-0.05, 0) is 55.5 Å². The molecule has 2 aromatic rings. The number of fused-ring (bicyclic) bond motifs is 1. The summed E-state index contributed by atoms with van der Waals surface area (Å²) in [4.78, 5) is 14.5. The Morgan fingerprint density at radius 3 is 2.69 bits per heavy atom. The Hall–Kier alpha value is -2.09. The number of sulfonamides is 1. The van der Waals surface area contributed by atoms with Gasteiger partial charge in [0.25, 0.3) is 15.9 Å². The number of aliphatic hydroxyl groups is 1. The number of aryl methyl sites for hydroxylation is 1. The summed E-state index contributed by atoms with van der Waals surface area (Å²) in [5.74, 6) is -0.357. The molecular weight excluding hydrogens is 412 g/mol. The Kier molecular flexibility index (Phi) is 5.55. The highest BCUT2D eigenvalue weighted by Crippen LogP contribution is 2.33. The predicted molar refractivity (Wildman–Crippen MR) is 112 cm³/mol. The largest absolute Gasteiger partial charge is 0.391 e. The standard InChI is InChI=1S/C21H23ClN2O4S/c22-19-10-9-17(13-18(19)21(26)23-11-4-7-16(25)14-23)29(27,28)24-12-3-6-15-5-1-2-8-20(15)24/h1-2,5,8-10,13,16,25H,3-4,6-7,11-12,14H2/t16-/m1/s1. The molecule has 29 heavy (non-hydrogen) atoms. The van der Waals surface area contributed by atoms with E-state index in [0.29, 0.717) is 31.6 Å². The Labute approximate surface area is 175 Å². The smallest absolute Gasteiger partial charge is 0.264 e. The number of anilines is 1. The summed E-state index contributed by atoms with van der Waals surface area (Å²) in [6.45, 7) is 1.14. The summed E-state index contributed by atoms with van der Waals surface area (Å²) in [6, 6.07) is 11.7. The van der Waals surface area contributed by atoms with Crippen LogP contribution in [0.4, 0.5) is 5.69 Å². The third-order valence-corrected chi connectivity index (χ3v) is 7.65. The lowest BCUT2D eigenvalue weighted by atomic mass is 10.0. The summed E-state index contributed by atoms with van der Waals surface area (Å²) in [6.07, 6.45) is 2.36. The number of carbonyl (C=O) groups excluding carboxylic acids is 1. The highest BCUT2D eigenvalue weighted by atomic mass is 35.5. The second-order valence-corrected chi connectivity index (χ2v) is 9.77. The van der Waals surface area contributed by atoms with Crippen molar-refractivity contribution in [1.82, 2.24) is 4.90 Å². The van der Waals surface area contributed by atoms with E-state index in [0.717, 1.165) is 18.4 Å². The molecule has 1 N–H and O–H groups in total. The molecule has 1 fully saturated rings. The highest BCUT2D eigenvalue weighted by molar-refractivity contribution is 7.92. The van der Waals surface area contributed by atoms with Crippen molar-refractivity contribution in [1.29, 1.82) is 0 Å². The zero-order valence-corrected chi connectivity index (χ0v) is 17.5. The molecule has 1 amide bonds. The fourth-order valence-electron chi connectivity index (χ4n) is 4.01. The molecule has 0 aromatic heterocycles. The first-order valence-corrected chi connectivity index (χ1v) is 11.6. The molecule has 2 heterocycles. The van der Waals surface area contributed by atoms with Crippen LogP contribution in [0.2, 0.25) is 5.02 Å². The summed E-state index contributed by atoms with van der Waals surface area (Å²) in [7, 11) is -3.84. The summed E-state index contributed by atoms with van der Waals surface area (Å²) in [5, 5.41) is 10.1. The maximum atomic E-state index is 13.4. The van der Waals surface area contributed by atoms with Crippen molar-refractivity contribution in [3.63, 3.8) is 0 Å². The second kappa shape index (κ2) is 7.97. The average Bonchev–Trinajstić information content (AvgIpc) is 2.73. The third kappa shape index (κ3) is 3.86. The second-order valence-electron chi connectivity index (χ2n) is 7.50. The van der Waals surface area contributed by atoms with Crippen LogP contribution < -0.4 is 4.31 Å². The number of likely N-dealkylation sites (tertiary alicyclic amines) is 1. The van der Waals surface area contributed by atoms with E-state index in [2.05, 4.69) is 0 Å². The quantitative estimate of drug-likeness (QED) is 0.805. The minimum Gasteiger partial charge on any atom is -0.391 e. The minimum atomic E-state index is -3.84. The highest BCUT2D eigenvalue weighted by Gasteiger charge is 2.31. The maximum Gasteiger partial charge on any atom is 0.264 e. The van der Waals surface area contributed by atoms with Crippen LogP contribution in [0, 0.1) is 0 Å². The van der Waals surface area contributed by atoms with E-state index in [1.165, 1.54) is 27.4 Å². The van der Waals surface area contributed by atoms with Gasteiger partial charge in [-0.3, -0.25) is 9.10 Å². The Morgan fingerprint density at radius 1 is 1.10 bits per heavy atom. The van der Waals surface area contributed by atoms with Gasteiger partial charge in [0.1, 0.15) is 0 Å². The van der Waals surface area contributed by atoms with E-state index in [1.54, 1.807) is 0 Å². The molecule has 0 spiro atoms. The summed E-state index contributed by atoms with van der Waals surface area (Å²) < 4.78 is 28.2. The van der Waals surface area contributed by atoms with Crippen molar-refractivity contribution in [2.24, 2.45) is 0 Å². The number of amides is 1. The molecule has 0 radical (unpaired) electrons. The number of hydrogen-bond acceptors (Lipinski definition) is 4. The topological polar surface area (TPSA) is 77.9 Å². The molecule has 2 aromatic carbocycles. The van der Waals surface area contributed by atoms with Crippen LogP contribution >= 0.6 is 11.6 Å². The summed E-state index contributed by atoms with van der Waals surface area (Å²) in [5.41, 5.74) is 1.82. The van der Waals surface area contributed by atoms with Gasteiger partial charge in [0.2, 0.25) is 0 Å². The number of β-amino-alcohol motifs (C(OH)–C–C–N with tert-alkyl or cyclic N) is 1.